The first kappa shape index (κ1) is 37.9. The Balaban J connectivity index is 2.41. The van der Waals surface area contributed by atoms with Crippen LogP contribution >= 0.6 is 0 Å². The largest absolute Gasteiger partial charge is 0.263 e. The minimum atomic E-state index is -1.55. The maximum atomic E-state index is 4.86. The average Bonchev–Trinajstić information content (AvgIpc) is 2.99. The van der Waals surface area contributed by atoms with Crippen LogP contribution in [-0.4, -0.2) is 13.1 Å². The van der Waals surface area contributed by atoms with Crippen molar-refractivity contribution in [3.63, 3.8) is 0 Å². The van der Waals surface area contributed by atoms with Crippen LogP contribution in [0.4, 0.5) is 0 Å². The number of hydrogen-bond acceptors (Lipinski definition) is 1. The van der Waals surface area contributed by atoms with Gasteiger partial charge in [-0.1, -0.05) is 146 Å². The number of pyridine rings is 1. The van der Waals surface area contributed by atoms with Gasteiger partial charge in [-0.2, -0.15) is 0 Å². The molecule has 1 nitrogen and oxygen atoms in total. The van der Waals surface area contributed by atoms with Crippen molar-refractivity contribution in [3.05, 3.63) is 76.6 Å². The Morgan fingerprint density at radius 1 is 0.489 bits per heavy atom. The summed E-state index contributed by atoms with van der Waals surface area (Å²) in [7, 11) is -1.55. The second kappa shape index (κ2) is 14.3. The van der Waals surface area contributed by atoms with Gasteiger partial charge in [0.05, 0.1) is 0 Å². The van der Waals surface area contributed by atoms with Crippen molar-refractivity contribution in [1.82, 2.24) is 4.98 Å². The van der Waals surface area contributed by atoms with Crippen molar-refractivity contribution in [2.45, 2.75) is 144 Å². The molecule has 3 rings (SSSR count). The maximum Gasteiger partial charge on any atom is 0.139 e. The Labute approximate surface area is 289 Å². The van der Waals surface area contributed by atoms with Crippen LogP contribution in [0.2, 0.25) is 18.1 Å². The van der Waals surface area contributed by atoms with Gasteiger partial charge in [-0.3, -0.25) is 4.98 Å². The van der Waals surface area contributed by atoms with E-state index in [1.165, 1.54) is 40.4 Å². The summed E-state index contributed by atoms with van der Waals surface area (Å²) in [5.41, 5.74) is 14.1. The van der Waals surface area contributed by atoms with Gasteiger partial charge in [0.1, 0.15) is 8.07 Å². The summed E-state index contributed by atoms with van der Waals surface area (Å²) in [6.45, 7) is 34.2. The molecule has 0 N–H and O–H groups in total. The molecule has 0 unspecified atom stereocenters. The zero-order valence-corrected chi connectivity index (χ0v) is 33.2. The predicted octanol–water partition coefficient (Wildman–Crippen LogP) is 12.0. The van der Waals surface area contributed by atoms with E-state index in [2.05, 4.69) is 175 Å². The monoisotopic (exact) mass is 641 g/mol. The number of aromatic nitrogens is 1. The van der Waals surface area contributed by atoms with Crippen LogP contribution in [0.1, 0.15) is 132 Å². The first-order valence-corrected chi connectivity index (χ1v) is 20.1. The lowest BCUT2D eigenvalue weighted by Crippen LogP contribution is -2.29. The molecular formula is C45H59NSi. The Kier molecular flexibility index (Phi) is 11.6. The topological polar surface area (TPSA) is 12.9 Å². The van der Waals surface area contributed by atoms with Crippen molar-refractivity contribution in [3.8, 4) is 57.4 Å². The maximum absolute atomic E-state index is 4.86. The van der Waals surface area contributed by atoms with E-state index in [0.29, 0.717) is 0 Å². The van der Waals surface area contributed by atoms with Crippen molar-refractivity contribution < 1.29 is 0 Å². The summed E-state index contributed by atoms with van der Waals surface area (Å²) in [6.07, 6.45) is 3.97. The van der Waals surface area contributed by atoms with Crippen molar-refractivity contribution in [1.29, 1.82) is 0 Å². The van der Waals surface area contributed by atoms with Gasteiger partial charge in [-0.15, -0.1) is 5.54 Å². The third-order valence-electron chi connectivity index (χ3n) is 9.63. The molecule has 0 aliphatic carbocycles. The van der Waals surface area contributed by atoms with E-state index in [9.17, 15) is 0 Å². The molecule has 0 atom stereocenters. The highest BCUT2D eigenvalue weighted by atomic mass is 28.3. The van der Waals surface area contributed by atoms with E-state index in [0.717, 1.165) is 27.8 Å². The highest BCUT2D eigenvalue weighted by molar-refractivity contribution is 6.87. The molecule has 1 heterocycles. The first-order valence-electron chi connectivity index (χ1n) is 17.5. The molecule has 0 bridgehead atoms. The predicted molar refractivity (Wildman–Crippen MR) is 210 cm³/mol. The zero-order valence-electron chi connectivity index (χ0n) is 32.2. The summed E-state index contributed by atoms with van der Waals surface area (Å²) < 4.78 is 0. The fourth-order valence-electron chi connectivity index (χ4n) is 5.67. The Bertz CT molecular complexity index is 1600. The highest BCUT2D eigenvalue weighted by Crippen LogP contribution is 2.39. The number of benzene rings is 2. The smallest absolute Gasteiger partial charge is 0.139 e. The minimum Gasteiger partial charge on any atom is -0.263 e. The van der Waals surface area contributed by atoms with Gasteiger partial charge < -0.3 is 0 Å². The quantitative estimate of drug-likeness (QED) is 0.199. The van der Waals surface area contributed by atoms with Gasteiger partial charge in [-0.25, -0.2) is 0 Å². The highest BCUT2D eigenvalue weighted by Gasteiger charge is 2.25. The van der Waals surface area contributed by atoms with Crippen molar-refractivity contribution in [2.24, 2.45) is 0 Å². The molecule has 0 spiro atoms. The van der Waals surface area contributed by atoms with Gasteiger partial charge in [0.15, 0.2) is 0 Å². The molecule has 0 saturated heterocycles. The van der Waals surface area contributed by atoms with Crippen LogP contribution < -0.4 is 0 Å². The lowest BCUT2D eigenvalue weighted by atomic mass is 9.77. The fourth-order valence-corrected chi connectivity index (χ4v) is 8.02. The van der Waals surface area contributed by atoms with E-state index in [4.69, 9.17) is 4.98 Å². The first-order chi connectivity index (χ1) is 21.6. The number of nitrogens with zero attached hydrogens (tertiary/aromatic N) is 1. The summed E-state index contributed by atoms with van der Waals surface area (Å²) in [4.78, 5) is 4.86. The fraction of sp³-hybridized carbons (Fsp3) is 0.489. The molecule has 0 saturated carbocycles. The molecule has 2 aromatic carbocycles. The minimum absolute atomic E-state index is 0.00626. The van der Waals surface area contributed by atoms with Gasteiger partial charge in [-0.05, 0) is 96.9 Å². The van der Waals surface area contributed by atoms with Crippen LogP contribution in [0.3, 0.4) is 0 Å². The summed E-state index contributed by atoms with van der Waals surface area (Å²) in [5, 5.41) is 0. The van der Waals surface area contributed by atoms with E-state index >= 15 is 0 Å². The van der Waals surface area contributed by atoms with Gasteiger partial charge >= 0.3 is 0 Å². The molecule has 0 fully saturated rings. The van der Waals surface area contributed by atoms with Crippen molar-refractivity contribution in [2.75, 3.05) is 0 Å². The average molecular weight is 642 g/mol. The second-order valence-corrected chi connectivity index (χ2v) is 22.2. The molecular weight excluding hydrogens is 583 g/mol. The Morgan fingerprint density at radius 3 is 1.15 bits per heavy atom. The van der Waals surface area contributed by atoms with E-state index in [-0.39, 0.29) is 21.7 Å². The van der Waals surface area contributed by atoms with Crippen LogP contribution in [0, 0.1) is 35.1 Å². The van der Waals surface area contributed by atoms with Crippen LogP contribution in [0.5, 0.6) is 0 Å². The van der Waals surface area contributed by atoms with Crippen LogP contribution in [0.15, 0.2) is 48.8 Å². The van der Waals surface area contributed by atoms with Crippen LogP contribution in [-0.2, 0) is 21.7 Å². The molecule has 1 aromatic heterocycles. The SMILES string of the molecule is CC[Si](C#CC#CC#Cc1c(-c2cc(C(C)(C)C)cc(C(C)(C)C)c2)cncc1-c1cc(C(C)(C)C)cc(C(C)(C)C)c1)(CC)CC. The molecule has 0 aliphatic rings. The van der Waals surface area contributed by atoms with Crippen LogP contribution in [0.25, 0.3) is 22.3 Å². The third kappa shape index (κ3) is 9.53. The molecule has 0 aliphatic heterocycles. The molecule has 248 valence electrons. The third-order valence-corrected chi connectivity index (χ3v) is 14.3. The normalized spacial score (nSPS) is 12.3. The molecule has 2 heteroatoms. The summed E-state index contributed by atoms with van der Waals surface area (Å²) in [5.74, 6) is 16.1. The summed E-state index contributed by atoms with van der Waals surface area (Å²) >= 11 is 0. The van der Waals surface area contributed by atoms with E-state index < -0.39 is 8.07 Å². The summed E-state index contributed by atoms with van der Waals surface area (Å²) in [6, 6.07) is 17.5. The van der Waals surface area contributed by atoms with E-state index in [1.807, 2.05) is 12.4 Å². The van der Waals surface area contributed by atoms with Gasteiger partial charge in [0.25, 0.3) is 0 Å². The standard InChI is InChI=1S/C45H59NSi/c1-16-47(17-2,18-3)24-22-20-19-21-23-39-40(33-25-35(42(4,5)6)29-36(26-33)43(7,8)9)31-46-32-41(39)34-27-37(44(10,11)12)30-38(28-34)45(13,14)15/h25-32H,16-18H2,1-15H3. The lowest BCUT2D eigenvalue weighted by Gasteiger charge is -2.27. The molecule has 47 heavy (non-hydrogen) atoms. The van der Waals surface area contributed by atoms with Gasteiger partial charge in [0.2, 0.25) is 0 Å². The molecule has 0 amide bonds. The van der Waals surface area contributed by atoms with E-state index in [1.54, 1.807) is 0 Å². The molecule has 3 aromatic rings. The van der Waals surface area contributed by atoms with Crippen molar-refractivity contribution >= 4 is 8.07 Å². The lowest BCUT2D eigenvalue weighted by molar-refractivity contribution is 0.568. The Hall–Kier alpha value is -3.51. The number of hydrogen-bond donors (Lipinski definition) is 0. The van der Waals surface area contributed by atoms with Gasteiger partial charge in [0, 0.05) is 29.1 Å². The zero-order chi connectivity index (χ0) is 35.4. The Morgan fingerprint density at radius 2 is 0.830 bits per heavy atom. The molecule has 0 radical (unpaired) electrons. The number of rotatable bonds is 5. The second-order valence-electron chi connectivity index (χ2n) is 17.3.